The Morgan fingerprint density at radius 3 is 2.52 bits per heavy atom. The van der Waals surface area contributed by atoms with Crippen LogP contribution < -0.4 is 5.32 Å². The molecule has 1 aliphatic rings. The number of morpholine rings is 1. The maximum atomic E-state index is 12.2. The molecule has 1 fully saturated rings. The normalized spacial score (nSPS) is 21.5. The average Bonchev–Trinajstić information content (AvgIpc) is 2.46. The van der Waals surface area contributed by atoms with E-state index in [2.05, 4.69) is 5.32 Å². The number of carbonyl (C=O) groups is 2. The molecule has 2 atom stereocenters. The number of nitrogens with one attached hydrogen (secondary N) is 1. The number of anilines is 1. The van der Waals surface area contributed by atoms with Crippen LogP contribution in [0.1, 0.15) is 19.4 Å². The van der Waals surface area contributed by atoms with Gasteiger partial charge in [0.15, 0.2) is 0 Å². The molecule has 2 amide bonds. The minimum Gasteiger partial charge on any atom is -0.372 e. The molecule has 21 heavy (non-hydrogen) atoms. The highest BCUT2D eigenvalue weighted by Gasteiger charge is 2.29. The van der Waals surface area contributed by atoms with Crippen LogP contribution in [0.25, 0.3) is 0 Å². The fraction of sp³-hybridized carbons (Fsp3) is 0.400. The average molecular weight is 287 g/mol. The van der Waals surface area contributed by atoms with E-state index in [-0.39, 0.29) is 12.2 Å². The first-order valence-corrected chi connectivity index (χ1v) is 6.76. The van der Waals surface area contributed by atoms with Crippen LogP contribution in [0.5, 0.6) is 0 Å². The van der Waals surface area contributed by atoms with Gasteiger partial charge in [0.25, 0.3) is 0 Å². The zero-order valence-electron chi connectivity index (χ0n) is 12.0. The van der Waals surface area contributed by atoms with Gasteiger partial charge in [0.2, 0.25) is 0 Å². The number of nitrogens with zero attached hydrogens (tertiary/aromatic N) is 2. The van der Waals surface area contributed by atoms with E-state index in [1.807, 2.05) is 19.9 Å². The molecule has 1 saturated heterocycles. The Hall–Kier alpha value is -2.39. The van der Waals surface area contributed by atoms with E-state index in [1.165, 1.54) is 4.90 Å². The van der Waals surface area contributed by atoms with Crippen molar-refractivity contribution in [3.05, 3.63) is 29.8 Å². The van der Waals surface area contributed by atoms with Crippen LogP contribution in [0.15, 0.2) is 24.3 Å². The second-order valence-corrected chi connectivity index (χ2v) is 5.08. The minimum atomic E-state index is -0.737. The van der Waals surface area contributed by atoms with Gasteiger partial charge in [-0.1, -0.05) is 12.1 Å². The highest BCUT2D eigenvalue weighted by atomic mass is 16.5. The molecule has 1 aromatic carbocycles. The maximum Gasteiger partial charge on any atom is 0.313 e. The Labute approximate surface area is 123 Å². The smallest absolute Gasteiger partial charge is 0.313 e. The summed E-state index contributed by atoms with van der Waals surface area (Å²) in [6, 6.07) is 8.54. The molecule has 0 aliphatic carbocycles. The Morgan fingerprint density at radius 2 is 1.90 bits per heavy atom. The van der Waals surface area contributed by atoms with Gasteiger partial charge in [-0.3, -0.25) is 9.59 Å². The third kappa shape index (κ3) is 3.58. The van der Waals surface area contributed by atoms with Crippen LogP contribution in [-0.4, -0.2) is 42.0 Å². The number of carbonyl (C=O) groups excluding carboxylic acids is 2. The molecule has 0 bridgehead atoms. The summed E-state index contributed by atoms with van der Waals surface area (Å²) in [6.45, 7) is 4.49. The van der Waals surface area contributed by atoms with Crippen molar-refractivity contribution in [3.63, 3.8) is 0 Å². The van der Waals surface area contributed by atoms with Gasteiger partial charge in [0, 0.05) is 13.1 Å². The van der Waals surface area contributed by atoms with Crippen LogP contribution in [0, 0.1) is 11.3 Å². The van der Waals surface area contributed by atoms with Crippen molar-refractivity contribution in [3.8, 4) is 6.07 Å². The Bertz CT molecular complexity index is 584. The first kappa shape index (κ1) is 15.0. The topological polar surface area (TPSA) is 82.4 Å². The van der Waals surface area contributed by atoms with E-state index in [9.17, 15) is 9.59 Å². The van der Waals surface area contributed by atoms with Crippen molar-refractivity contribution in [2.24, 2.45) is 0 Å². The van der Waals surface area contributed by atoms with Gasteiger partial charge in [0.1, 0.15) is 6.07 Å². The molecule has 110 valence electrons. The van der Waals surface area contributed by atoms with Crippen LogP contribution in [0.3, 0.4) is 0 Å². The molecule has 6 heteroatoms. The van der Waals surface area contributed by atoms with Gasteiger partial charge >= 0.3 is 11.8 Å². The van der Waals surface area contributed by atoms with E-state index < -0.39 is 11.8 Å². The molecule has 0 aromatic heterocycles. The summed E-state index contributed by atoms with van der Waals surface area (Å²) in [7, 11) is 0. The molecular weight excluding hydrogens is 270 g/mol. The summed E-state index contributed by atoms with van der Waals surface area (Å²) in [5.41, 5.74) is 0.662. The lowest BCUT2D eigenvalue weighted by atomic mass is 10.2. The van der Waals surface area contributed by atoms with Crippen molar-refractivity contribution in [1.29, 1.82) is 5.26 Å². The summed E-state index contributed by atoms with van der Waals surface area (Å²) >= 11 is 0. The predicted octanol–water partition coefficient (Wildman–Crippen LogP) is 1.13. The summed E-state index contributed by atoms with van der Waals surface area (Å²) in [5.74, 6) is -1.34. The summed E-state index contributed by atoms with van der Waals surface area (Å²) in [4.78, 5) is 25.7. The van der Waals surface area contributed by atoms with Crippen molar-refractivity contribution in [2.75, 3.05) is 18.4 Å². The zero-order valence-corrected chi connectivity index (χ0v) is 12.0. The molecule has 2 rings (SSSR count). The molecular formula is C15H17N3O3. The van der Waals surface area contributed by atoms with Crippen LogP contribution in [-0.2, 0) is 14.3 Å². The second kappa shape index (κ2) is 6.37. The second-order valence-electron chi connectivity index (χ2n) is 5.08. The van der Waals surface area contributed by atoms with Crippen molar-refractivity contribution >= 4 is 17.5 Å². The maximum absolute atomic E-state index is 12.2. The lowest BCUT2D eigenvalue weighted by Crippen LogP contribution is -2.51. The van der Waals surface area contributed by atoms with E-state index in [0.29, 0.717) is 24.3 Å². The first-order chi connectivity index (χ1) is 10.0. The number of nitriles is 1. The molecule has 1 heterocycles. The molecule has 1 N–H and O–H groups in total. The number of hydrogen-bond acceptors (Lipinski definition) is 4. The van der Waals surface area contributed by atoms with Gasteiger partial charge in [-0.2, -0.15) is 5.26 Å². The molecule has 1 aromatic rings. The number of benzene rings is 1. The van der Waals surface area contributed by atoms with E-state index >= 15 is 0 Å². The number of ether oxygens (including phenoxy) is 1. The standard InChI is InChI=1S/C15H17N3O3/c1-10-8-18(9-11(2)21-10)15(20)14(19)17-13-6-4-3-5-12(13)7-16/h3-6,10-11H,8-9H2,1-2H3,(H,17,19). The number of hydrogen-bond donors (Lipinski definition) is 1. The Balaban J connectivity index is 2.06. The third-order valence-electron chi connectivity index (χ3n) is 3.20. The van der Waals surface area contributed by atoms with E-state index in [0.717, 1.165) is 0 Å². The minimum absolute atomic E-state index is 0.100. The van der Waals surface area contributed by atoms with Crippen molar-refractivity contribution in [2.45, 2.75) is 26.1 Å². The zero-order chi connectivity index (χ0) is 15.4. The molecule has 6 nitrogen and oxygen atoms in total. The first-order valence-electron chi connectivity index (χ1n) is 6.76. The molecule has 1 aliphatic heterocycles. The highest BCUT2D eigenvalue weighted by Crippen LogP contribution is 2.15. The number of para-hydroxylation sites is 1. The van der Waals surface area contributed by atoms with Crippen LogP contribution in [0.4, 0.5) is 5.69 Å². The number of amides is 2. The summed E-state index contributed by atoms with van der Waals surface area (Å²) in [5, 5.41) is 11.5. The fourth-order valence-corrected chi connectivity index (χ4v) is 2.35. The Kier molecular flexibility index (Phi) is 4.55. The van der Waals surface area contributed by atoms with Gasteiger partial charge < -0.3 is 15.0 Å². The lowest BCUT2D eigenvalue weighted by molar-refractivity contribution is -0.151. The van der Waals surface area contributed by atoms with Crippen molar-refractivity contribution in [1.82, 2.24) is 4.90 Å². The number of rotatable bonds is 1. The quantitative estimate of drug-likeness (QED) is 0.785. The van der Waals surface area contributed by atoms with Crippen LogP contribution >= 0.6 is 0 Å². The van der Waals surface area contributed by atoms with E-state index in [1.54, 1.807) is 24.3 Å². The fourth-order valence-electron chi connectivity index (χ4n) is 2.35. The Morgan fingerprint density at radius 1 is 1.29 bits per heavy atom. The predicted molar refractivity (Wildman–Crippen MR) is 76.4 cm³/mol. The van der Waals surface area contributed by atoms with Gasteiger partial charge in [-0.05, 0) is 26.0 Å². The van der Waals surface area contributed by atoms with Crippen LogP contribution in [0.2, 0.25) is 0 Å². The van der Waals surface area contributed by atoms with Crippen molar-refractivity contribution < 1.29 is 14.3 Å². The largest absolute Gasteiger partial charge is 0.372 e. The summed E-state index contributed by atoms with van der Waals surface area (Å²) < 4.78 is 5.53. The third-order valence-corrected chi connectivity index (χ3v) is 3.20. The molecule has 2 unspecified atom stereocenters. The SMILES string of the molecule is CC1CN(C(=O)C(=O)Nc2ccccc2C#N)CC(C)O1. The molecule has 0 saturated carbocycles. The van der Waals surface area contributed by atoms with Gasteiger partial charge in [0.05, 0.1) is 23.5 Å². The van der Waals surface area contributed by atoms with E-state index in [4.69, 9.17) is 10.00 Å². The summed E-state index contributed by atoms with van der Waals surface area (Å²) in [6.07, 6.45) is -0.200. The van der Waals surface area contributed by atoms with Gasteiger partial charge in [-0.15, -0.1) is 0 Å². The van der Waals surface area contributed by atoms with Gasteiger partial charge in [-0.25, -0.2) is 0 Å². The molecule has 0 spiro atoms. The monoisotopic (exact) mass is 287 g/mol. The highest BCUT2D eigenvalue weighted by molar-refractivity contribution is 6.39. The molecule has 0 radical (unpaired) electrons. The lowest BCUT2D eigenvalue weighted by Gasteiger charge is -2.34.